The zero-order valence-electron chi connectivity index (χ0n) is 12.9. The van der Waals surface area contributed by atoms with E-state index in [0.717, 1.165) is 25.7 Å². The lowest BCUT2D eigenvalue weighted by atomic mass is 10.2. The fraction of sp³-hybridized carbons (Fsp3) is 0.529. The molecule has 21 heavy (non-hydrogen) atoms. The van der Waals surface area contributed by atoms with Gasteiger partial charge in [0.1, 0.15) is 11.3 Å². The van der Waals surface area contributed by atoms with Gasteiger partial charge in [0.25, 0.3) is 0 Å². The summed E-state index contributed by atoms with van der Waals surface area (Å²) < 4.78 is 10.4. The first-order chi connectivity index (χ1) is 10.2. The quantitative estimate of drug-likeness (QED) is 0.390. The van der Waals surface area contributed by atoms with Crippen LogP contribution in [0.2, 0.25) is 0 Å². The summed E-state index contributed by atoms with van der Waals surface area (Å²) in [7, 11) is 0. The van der Waals surface area contributed by atoms with Crippen molar-refractivity contribution in [1.29, 1.82) is 0 Å². The van der Waals surface area contributed by atoms with Crippen LogP contribution in [0.3, 0.4) is 0 Å². The van der Waals surface area contributed by atoms with Gasteiger partial charge in [0.2, 0.25) is 0 Å². The van der Waals surface area contributed by atoms with Gasteiger partial charge in [-0.25, -0.2) is 4.79 Å². The van der Waals surface area contributed by atoms with E-state index in [9.17, 15) is 9.59 Å². The molecule has 0 radical (unpaired) electrons. The molecule has 0 amide bonds. The maximum Gasteiger partial charge on any atom is 0.341 e. The summed E-state index contributed by atoms with van der Waals surface area (Å²) in [5.74, 6) is -0.499. The minimum absolute atomic E-state index is 0.273. The summed E-state index contributed by atoms with van der Waals surface area (Å²) in [5, 5.41) is 0. The lowest BCUT2D eigenvalue weighted by Crippen LogP contribution is -2.12. The Hall–Kier alpha value is -1.84. The smallest absolute Gasteiger partial charge is 0.341 e. The van der Waals surface area contributed by atoms with Crippen molar-refractivity contribution in [1.82, 2.24) is 0 Å². The topological polar surface area (TPSA) is 52.6 Å². The first kappa shape index (κ1) is 17.2. The maximum atomic E-state index is 12.0. The average molecular weight is 292 g/mol. The number of esters is 2. The van der Waals surface area contributed by atoms with Gasteiger partial charge in [0, 0.05) is 6.42 Å². The Bertz CT molecular complexity index is 454. The molecule has 1 rings (SSSR count). The second-order valence-corrected chi connectivity index (χ2v) is 4.92. The zero-order chi connectivity index (χ0) is 15.5. The summed E-state index contributed by atoms with van der Waals surface area (Å²) >= 11 is 0. The van der Waals surface area contributed by atoms with Gasteiger partial charge >= 0.3 is 11.9 Å². The Kier molecular flexibility index (Phi) is 8.17. The molecule has 116 valence electrons. The minimum atomic E-state index is -0.439. The van der Waals surface area contributed by atoms with Gasteiger partial charge in [-0.2, -0.15) is 0 Å². The number of carbonyl (C=O) groups excluding carboxylic acids is 2. The number of rotatable bonds is 9. The summed E-state index contributed by atoms with van der Waals surface area (Å²) in [6.45, 7) is 4.43. The molecule has 0 aromatic heterocycles. The molecule has 0 aliphatic rings. The second kappa shape index (κ2) is 9.97. The van der Waals surface area contributed by atoms with Crippen molar-refractivity contribution in [2.24, 2.45) is 0 Å². The van der Waals surface area contributed by atoms with Crippen molar-refractivity contribution in [2.45, 2.75) is 52.4 Å². The first-order valence-corrected chi connectivity index (χ1v) is 7.65. The fourth-order valence-electron chi connectivity index (χ4n) is 1.87. The third kappa shape index (κ3) is 6.43. The third-order valence-corrected chi connectivity index (χ3v) is 3.02. The molecule has 0 N–H and O–H groups in total. The molecule has 0 atom stereocenters. The van der Waals surface area contributed by atoms with Gasteiger partial charge in [0.15, 0.2) is 0 Å². The van der Waals surface area contributed by atoms with Crippen LogP contribution in [0, 0.1) is 0 Å². The summed E-state index contributed by atoms with van der Waals surface area (Å²) in [6, 6.07) is 6.68. The molecule has 0 saturated carbocycles. The Morgan fingerprint density at radius 3 is 2.48 bits per heavy atom. The molecule has 0 heterocycles. The van der Waals surface area contributed by atoms with Gasteiger partial charge in [-0.15, -0.1) is 0 Å². The maximum absolute atomic E-state index is 12.0. The van der Waals surface area contributed by atoms with E-state index < -0.39 is 5.97 Å². The van der Waals surface area contributed by atoms with Crippen LogP contribution in [0.4, 0.5) is 0 Å². The average Bonchev–Trinajstić information content (AvgIpc) is 2.47. The van der Waals surface area contributed by atoms with Gasteiger partial charge in [-0.1, -0.05) is 45.2 Å². The molecule has 0 unspecified atom stereocenters. The lowest BCUT2D eigenvalue weighted by molar-refractivity contribution is -0.134. The zero-order valence-corrected chi connectivity index (χ0v) is 12.9. The van der Waals surface area contributed by atoms with E-state index in [2.05, 4.69) is 6.92 Å². The van der Waals surface area contributed by atoms with Crippen LogP contribution in [0.1, 0.15) is 62.7 Å². The highest BCUT2D eigenvalue weighted by Crippen LogP contribution is 2.20. The number of para-hydroxylation sites is 1. The molecular weight excluding hydrogens is 268 g/mol. The third-order valence-electron chi connectivity index (χ3n) is 3.02. The van der Waals surface area contributed by atoms with Crippen LogP contribution < -0.4 is 4.74 Å². The molecule has 0 spiro atoms. The van der Waals surface area contributed by atoms with E-state index >= 15 is 0 Å². The normalized spacial score (nSPS) is 10.2. The van der Waals surface area contributed by atoms with Crippen molar-refractivity contribution in [2.75, 3.05) is 6.61 Å². The highest BCUT2D eigenvalue weighted by Gasteiger charge is 2.15. The molecule has 0 saturated heterocycles. The highest BCUT2D eigenvalue weighted by atomic mass is 16.5. The number of carbonyl (C=O) groups is 2. The van der Waals surface area contributed by atoms with Crippen molar-refractivity contribution in [3.63, 3.8) is 0 Å². The predicted octanol–water partition coefficient (Wildman–Crippen LogP) is 4.13. The summed E-state index contributed by atoms with van der Waals surface area (Å²) in [4.78, 5) is 23.6. The van der Waals surface area contributed by atoms with Crippen LogP contribution in [0.5, 0.6) is 5.75 Å². The molecule has 4 nitrogen and oxygen atoms in total. The standard InChI is InChI=1S/C17H24O4/c1-3-5-6-9-13-20-17(19)14-11-7-8-12-15(14)21-16(18)10-4-2/h7-8,11-12H,3-6,9-10,13H2,1-2H3. The number of unbranched alkanes of at least 4 members (excludes halogenated alkanes) is 3. The molecule has 1 aromatic carbocycles. The van der Waals surface area contributed by atoms with Gasteiger partial charge in [-0.3, -0.25) is 4.79 Å². The Morgan fingerprint density at radius 2 is 1.76 bits per heavy atom. The molecule has 4 heteroatoms. The van der Waals surface area contributed by atoms with Crippen LogP contribution in [-0.4, -0.2) is 18.5 Å². The summed E-state index contributed by atoms with van der Waals surface area (Å²) in [5.41, 5.74) is 0.303. The molecule has 0 aliphatic carbocycles. The largest absolute Gasteiger partial charge is 0.462 e. The van der Waals surface area contributed by atoms with Crippen molar-refractivity contribution < 1.29 is 19.1 Å². The Balaban J connectivity index is 2.56. The van der Waals surface area contributed by atoms with Crippen LogP contribution >= 0.6 is 0 Å². The minimum Gasteiger partial charge on any atom is -0.462 e. The van der Waals surface area contributed by atoms with Crippen molar-refractivity contribution in [3.05, 3.63) is 29.8 Å². The molecule has 1 aromatic rings. The van der Waals surface area contributed by atoms with Crippen LogP contribution in [0.15, 0.2) is 24.3 Å². The number of hydrogen-bond acceptors (Lipinski definition) is 4. The van der Waals surface area contributed by atoms with E-state index in [0.29, 0.717) is 25.0 Å². The SMILES string of the molecule is CCCCCCOC(=O)c1ccccc1OC(=O)CCC. The Morgan fingerprint density at radius 1 is 1.00 bits per heavy atom. The molecule has 0 aliphatic heterocycles. The van der Waals surface area contributed by atoms with Crippen molar-refractivity contribution in [3.8, 4) is 5.75 Å². The number of ether oxygens (including phenoxy) is 2. The lowest BCUT2D eigenvalue weighted by Gasteiger charge is -2.09. The van der Waals surface area contributed by atoms with Crippen molar-refractivity contribution >= 4 is 11.9 Å². The highest BCUT2D eigenvalue weighted by molar-refractivity contribution is 5.93. The monoisotopic (exact) mass is 292 g/mol. The van der Waals surface area contributed by atoms with Crippen LogP contribution in [-0.2, 0) is 9.53 Å². The summed E-state index contributed by atoms with van der Waals surface area (Å²) in [6.07, 6.45) is 5.24. The fourth-order valence-corrected chi connectivity index (χ4v) is 1.87. The molecular formula is C17H24O4. The van der Waals surface area contributed by atoms with Gasteiger partial charge < -0.3 is 9.47 Å². The van der Waals surface area contributed by atoms with E-state index in [1.165, 1.54) is 0 Å². The molecule has 0 bridgehead atoms. The number of benzene rings is 1. The first-order valence-electron chi connectivity index (χ1n) is 7.65. The van der Waals surface area contributed by atoms with E-state index in [1.807, 2.05) is 6.92 Å². The van der Waals surface area contributed by atoms with Gasteiger partial charge in [-0.05, 0) is 25.0 Å². The van der Waals surface area contributed by atoms with Crippen LogP contribution in [0.25, 0.3) is 0 Å². The van der Waals surface area contributed by atoms with E-state index in [1.54, 1.807) is 24.3 Å². The Labute approximate surface area is 126 Å². The van der Waals surface area contributed by atoms with Gasteiger partial charge in [0.05, 0.1) is 6.61 Å². The van der Waals surface area contributed by atoms with E-state index in [-0.39, 0.29) is 11.7 Å². The van der Waals surface area contributed by atoms with E-state index in [4.69, 9.17) is 9.47 Å². The second-order valence-electron chi connectivity index (χ2n) is 4.92. The molecule has 0 fully saturated rings. The predicted molar refractivity (Wildman–Crippen MR) is 81.4 cm³/mol. The number of hydrogen-bond donors (Lipinski definition) is 0.